The fourth-order valence-electron chi connectivity index (χ4n) is 3.84. The number of Topliss-reactive ketones (excluding diaryl/α,β-unsaturated/α-hetero) is 4. The van der Waals surface area contributed by atoms with Crippen LogP contribution in [0.3, 0.4) is 0 Å². The van der Waals surface area contributed by atoms with Crippen LogP contribution in [0.4, 0.5) is 0 Å². The maximum Gasteiger partial charge on any atom is 0.144 e. The van der Waals surface area contributed by atoms with Crippen molar-refractivity contribution in [2.45, 2.75) is 52.9 Å². The Labute approximate surface area is 119 Å². The van der Waals surface area contributed by atoms with Gasteiger partial charge < -0.3 is 0 Å². The van der Waals surface area contributed by atoms with Crippen LogP contribution < -0.4 is 0 Å². The number of hydrogen-bond acceptors (Lipinski definition) is 4. The molecule has 0 N–H and O–H groups in total. The standard InChI is InChI=1S/C16H22O4/c1-9(17)14-10(5-4-6-11(14)18)15-12(19)7-16(2,3)8-13(15)20/h10,14-15H,4-8H2,1-3H3. The van der Waals surface area contributed by atoms with Crippen LogP contribution in [0.15, 0.2) is 0 Å². The fraction of sp³-hybridized carbons (Fsp3) is 0.750. The molecule has 2 unspecified atom stereocenters. The molecule has 2 saturated carbocycles. The molecule has 0 amide bonds. The highest BCUT2D eigenvalue weighted by molar-refractivity contribution is 6.08. The van der Waals surface area contributed by atoms with E-state index in [9.17, 15) is 19.2 Å². The summed E-state index contributed by atoms with van der Waals surface area (Å²) in [6, 6.07) is 0. The number of hydrogen-bond donors (Lipinski definition) is 0. The first kappa shape index (κ1) is 15.1. The maximum atomic E-state index is 12.4. The summed E-state index contributed by atoms with van der Waals surface area (Å²) < 4.78 is 0. The van der Waals surface area contributed by atoms with E-state index in [4.69, 9.17) is 0 Å². The smallest absolute Gasteiger partial charge is 0.144 e. The molecular formula is C16H22O4. The Balaban J connectivity index is 2.29. The molecule has 2 aliphatic rings. The van der Waals surface area contributed by atoms with Crippen molar-refractivity contribution in [1.82, 2.24) is 0 Å². The SMILES string of the molecule is CC(=O)C1C(=O)CCCC1C1C(=O)CC(C)(C)CC1=O. The van der Waals surface area contributed by atoms with E-state index in [1.807, 2.05) is 13.8 Å². The Kier molecular flexibility index (Phi) is 3.94. The maximum absolute atomic E-state index is 12.4. The summed E-state index contributed by atoms with van der Waals surface area (Å²) in [7, 11) is 0. The van der Waals surface area contributed by atoms with Crippen molar-refractivity contribution in [2.75, 3.05) is 0 Å². The van der Waals surface area contributed by atoms with Crippen LogP contribution in [0.25, 0.3) is 0 Å². The highest BCUT2D eigenvalue weighted by atomic mass is 16.2. The van der Waals surface area contributed by atoms with Gasteiger partial charge in [0.1, 0.15) is 23.1 Å². The highest BCUT2D eigenvalue weighted by Crippen LogP contribution is 2.42. The Morgan fingerprint density at radius 3 is 2.10 bits per heavy atom. The summed E-state index contributed by atoms with van der Waals surface area (Å²) in [4.78, 5) is 48.4. The van der Waals surface area contributed by atoms with Gasteiger partial charge in [0.25, 0.3) is 0 Å². The first-order chi connectivity index (χ1) is 9.23. The number of carbonyl (C=O) groups excluding carboxylic acids is 4. The molecule has 0 heterocycles. The molecule has 0 bridgehead atoms. The first-order valence-corrected chi connectivity index (χ1v) is 7.31. The van der Waals surface area contributed by atoms with Crippen molar-refractivity contribution >= 4 is 23.1 Å². The topological polar surface area (TPSA) is 68.3 Å². The third kappa shape index (κ3) is 2.74. The molecule has 0 aliphatic heterocycles. The van der Waals surface area contributed by atoms with E-state index in [1.165, 1.54) is 6.92 Å². The molecule has 2 aliphatic carbocycles. The lowest BCUT2D eigenvalue weighted by Gasteiger charge is -2.39. The molecule has 20 heavy (non-hydrogen) atoms. The van der Waals surface area contributed by atoms with Crippen molar-refractivity contribution in [3.8, 4) is 0 Å². The van der Waals surface area contributed by atoms with Crippen molar-refractivity contribution < 1.29 is 19.2 Å². The van der Waals surface area contributed by atoms with E-state index >= 15 is 0 Å². The second-order valence-corrected chi connectivity index (χ2v) is 7.04. The molecule has 4 heteroatoms. The third-order valence-electron chi connectivity index (χ3n) is 4.60. The normalized spacial score (nSPS) is 31.4. The Morgan fingerprint density at radius 1 is 1.05 bits per heavy atom. The van der Waals surface area contributed by atoms with Gasteiger partial charge in [0.05, 0.1) is 11.8 Å². The number of carbonyl (C=O) groups is 4. The zero-order valence-electron chi connectivity index (χ0n) is 12.4. The van der Waals surface area contributed by atoms with E-state index in [1.54, 1.807) is 0 Å². The van der Waals surface area contributed by atoms with Gasteiger partial charge in [-0.3, -0.25) is 19.2 Å². The zero-order chi connectivity index (χ0) is 15.1. The fourth-order valence-corrected chi connectivity index (χ4v) is 3.84. The third-order valence-corrected chi connectivity index (χ3v) is 4.60. The van der Waals surface area contributed by atoms with Crippen LogP contribution in [0.1, 0.15) is 52.9 Å². The van der Waals surface area contributed by atoms with Gasteiger partial charge in [-0.15, -0.1) is 0 Å². The average Bonchev–Trinajstić information content (AvgIpc) is 2.25. The lowest BCUT2D eigenvalue weighted by Crippen LogP contribution is -2.47. The Morgan fingerprint density at radius 2 is 1.60 bits per heavy atom. The van der Waals surface area contributed by atoms with Crippen molar-refractivity contribution in [3.05, 3.63) is 0 Å². The van der Waals surface area contributed by atoms with E-state index in [2.05, 4.69) is 0 Å². The van der Waals surface area contributed by atoms with Gasteiger partial charge >= 0.3 is 0 Å². The van der Waals surface area contributed by atoms with Crippen molar-refractivity contribution in [1.29, 1.82) is 0 Å². The molecular weight excluding hydrogens is 256 g/mol. The molecule has 110 valence electrons. The summed E-state index contributed by atoms with van der Waals surface area (Å²) in [6.45, 7) is 5.21. The molecule has 4 nitrogen and oxygen atoms in total. The number of rotatable bonds is 2. The lowest BCUT2D eigenvalue weighted by atomic mass is 9.61. The summed E-state index contributed by atoms with van der Waals surface area (Å²) >= 11 is 0. The van der Waals surface area contributed by atoms with Gasteiger partial charge in [0.2, 0.25) is 0 Å². The molecule has 2 atom stereocenters. The highest BCUT2D eigenvalue weighted by Gasteiger charge is 2.49. The van der Waals surface area contributed by atoms with Crippen LogP contribution in [-0.2, 0) is 19.2 Å². The molecule has 0 aromatic carbocycles. The van der Waals surface area contributed by atoms with Crippen LogP contribution in [0.2, 0.25) is 0 Å². The van der Waals surface area contributed by atoms with Gasteiger partial charge in [-0.2, -0.15) is 0 Å². The van der Waals surface area contributed by atoms with Crippen LogP contribution in [-0.4, -0.2) is 23.1 Å². The summed E-state index contributed by atoms with van der Waals surface area (Å²) in [5.41, 5.74) is -0.297. The molecule has 2 rings (SSSR count). The van der Waals surface area contributed by atoms with E-state index in [-0.39, 0.29) is 28.5 Å². The molecule has 0 radical (unpaired) electrons. The molecule has 2 fully saturated rings. The summed E-state index contributed by atoms with van der Waals surface area (Å²) in [5, 5.41) is 0. The second-order valence-electron chi connectivity index (χ2n) is 7.04. The predicted octanol–water partition coefficient (Wildman–Crippen LogP) is 2.14. The molecule has 0 aromatic rings. The van der Waals surface area contributed by atoms with Crippen molar-refractivity contribution in [2.24, 2.45) is 23.2 Å². The molecule has 0 saturated heterocycles. The Hall–Kier alpha value is -1.32. The van der Waals surface area contributed by atoms with E-state index < -0.39 is 17.8 Å². The van der Waals surface area contributed by atoms with Crippen molar-refractivity contribution in [3.63, 3.8) is 0 Å². The quantitative estimate of drug-likeness (QED) is 0.726. The first-order valence-electron chi connectivity index (χ1n) is 7.31. The van der Waals surface area contributed by atoms with Gasteiger partial charge in [0.15, 0.2) is 0 Å². The largest absolute Gasteiger partial charge is 0.299 e. The average molecular weight is 278 g/mol. The van der Waals surface area contributed by atoms with Crippen LogP contribution in [0, 0.1) is 23.2 Å². The monoisotopic (exact) mass is 278 g/mol. The lowest BCUT2D eigenvalue weighted by molar-refractivity contribution is -0.146. The minimum Gasteiger partial charge on any atom is -0.299 e. The second kappa shape index (κ2) is 5.23. The number of ketones is 4. The van der Waals surface area contributed by atoms with E-state index in [0.29, 0.717) is 32.1 Å². The van der Waals surface area contributed by atoms with Gasteiger partial charge in [-0.1, -0.05) is 13.8 Å². The molecule has 0 spiro atoms. The van der Waals surface area contributed by atoms with Gasteiger partial charge in [-0.05, 0) is 31.1 Å². The van der Waals surface area contributed by atoms with Gasteiger partial charge in [-0.25, -0.2) is 0 Å². The van der Waals surface area contributed by atoms with Crippen LogP contribution >= 0.6 is 0 Å². The van der Waals surface area contributed by atoms with E-state index in [0.717, 1.165) is 0 Å². The predicted molar refractivity (Wildman–Crippen MR) is 73.0 cm³/mol. The minimum absolute atomic E-state index is 0.0859. The Bertz CT molecular complexity index is 455. The molecule has 0 aromatic heterocycles. The zero-order valence-corrected chi connectivity index (χ0v) is 12.4. The van der Waals surface area contributed by atoms with Gasteiger partial charge in [0, 0.05) is 19.3 Å². The summed E-state index contributed by atoms with van der Waals surface area (Å²) in [6.07, 6.45) is 2.41. The van der Waals surface area contributed by atoms with Crippen LogP contribution in [0.5, 0.6) is 0 Å². The summed E-state index contributed by atoms with van der Waals surface area (Å²) in [5.74, 6) is -2.35. The minimum atomic E-state index is -0.747.